The zero-order valence-corrected chi connectivity index (χ0v) is 16.6. The van der Waals surface area contributed by atoms with Crippen molar-refractivity contribution in [1.29, 1.82) is 0 Å². The normalized spacial score (nSPS) is 11.1. The van der Waals surface area contributed by atoms with Crippen molar-refractivity contribution in [3.63, 3.8) is 0 Å². The highest BCUT2D eigenvalue weighted by atomic mass is 35.5. The summed E-state index contributed by atoms with van der Waals surface area (Å²) in [5.74, 6) is 0. The molecule has 0 aliphatic heterocycles. The van der Waals surface area contributed by atoms with Gasteiger partial charge in [0.1, 0.15) is 0 Å². The second kappa shape index (κ2) is 7.19. The maximum absolute atomic E-state index is 6.06. The Morgan fingerprint density at radius 2 is 1.31 bits per heavy atom. The molecule has 0 aliphatic carbocycles. The summed E-state index contributed by atoms with van der Waals surface area (Å²) in [4.78, 5) is 4.62. The van der Waals surface area contributed by atoms with Gasteiger partial charge in [-0.25, -0.2) is 9.50 Å². The van der Waals surface area contributed by atoms with Crippen LogP contribution in [0.3, 0.4) is 0 Å². The van der Waals surface area contributed by atoms with Crippen LogP contribution < -0.4 is 0 Å². The molecule has 5 rings (SSSR count). The van der Waals surface area contributed by atoms with Gasteiger partial charge in [-0.05, 0) is 41.8 Å². The molecule has 5 aromatic rings. The van der Waals surface area contributed by atoms with Crippen molar-refractivity contribution in [2.24, 2.45) is 0 Å². The Bertz CT molecular complexity index is 1290. The average Bonchev–Trinajstić information content (AvgIpc) is 3.11. The lowest BCUT2D eigenvalue weighted by molar-refractivity contribution is 0.925. The van der Waals surface area contributed by atoms with E-state index in [0.29, 0.717) is 0 Å². The van der Waals surface area contributed by atoms with Gasteiger partial charge in [0, 0.05) is 22.3 Å². The van der Waals surface area contributed by atoms with Gasteiger partial charge in [0.25, 0.3) is 0 Å². The fraction of sp³-hybridized carbons (Fsp3) is 0.0400. The number of benzene rings is 3. The maximum Gasteiger partial charge on any atom is 0.163 e. The minimum atomic E-state index is 0.718. The van der Waals surface area contributed by atoms with Crippen molar-refractivity contribution in [3.05, 3.63) is 102 Å². The van der Waals surface area contributed by atoms with E-state index >= 15 is 0 Å². The predicted octanol–water partition coefficient (Wildman–Crippen LogP) is 6.69. The van der Waals surface area contributed by atoms with E-state index in [2.05, 4.69) is 53.5 Å². The van der Waals surface area contributed by atoms with Crippen LogP contribution >= 0.6 is 11.6 Å². The molecule has 0 spiro atoms. The quantitative estimate of drug-likeness (QED) is 0.340. The Hall–Kier alpha value is -3.43. The van der Waals surface area contributed by atoms with E-state index in [-0.39, 0.29) is 0 Å². The first-order valence-electron chi connectivity index (χ1n) is 9.47. The van der Waals surface area contributed by atoms with Gasteiger partial charge in [0.15, 0.2) is 5.65 Å². The minimum Gasteiger partial charge on any atom is -0.236 e. The van der Waals surface area contributed by atoms with Crippen LogP contribution in [0.5, 0.6) is 0 Å². The lowest BCUT2D eigenvalue weighted by atomic mass is 10.0. The lowest BCUT2D eigenvalue weighted by Gasteiger charge is -2.07. The number of rotatable bonds is 3. The van der Waals surface area contributed by atoms with Crippen LogP contribution in [-0.4, -0.2) is 14.6 Å². The Morgan fingerprint density at radius 3 is 2.03 bits per heavy atom. The molecular weight excluding hydrogens is 378 g/mol. The van der Waals surface area contributed by atoms with Crippen molar-refractivity contribution >= 4 is 17.2 Å². The molecule has 0 unspecified atom stereocenters. The summed E-state index contributed by atoms with van der Waals surface area (Å²) in [6.07, 6.45) is 1.84. The molecule has 140 valence electrons. The molecule has 0 aliphatic rings. The first-order chi connectivity index (χ1) is 14.2. The van der Waals surface area contributed by atoms with Crippen LogP contribution in [0.25, 0.3) is 39.2 Å². The third kappa shape index (κ3) is 3.20. The minimum absolute atomic E-state index is 0.718. The Morgan fingerprint density at radius 1 is 0.690 bits per heavy atom. The first kappa shape index (κ1) is 17.7. The molecule has 0 N–H and O–H groups in total. The van der Waals surface area contributed by atoms with Crippen LogP contribution in [0, 0.1) is 6.92 Å². The molecule has 0 atom stereocenters. The van der Waals surface area contributed by atoms with E-state index in [1.165, 1.54) is 11.1 Å². The fourth-order valence-electron chi connectivity index (χ4n) is 3.69. The predicted molar refractivity (Wildman–Crippen MR) is 119 cm³/mol. The van der Waals surface area contributed by atoms with Gasteiger partial charge in [-0.2, -0.15) is 5.10 Å². The second-order valence-corrected chi connectivity index (χ2v) is 7.41. The van der Waals surface area contributed by atoms with Gasteiger partial charge in [-0.15, -0.1) is 0 Å². The highest BCUT2D eigenvalue weighted by molar-refractivity contribution is 6.30. The smallest absolute Gasteiger partial charge is 0.163 e. The topological polar surface area (TPSA) is 30.2 Å². The molecule has 0 bridgehead atoms. The standard InChI is InChI=1S/C25H18ClN3/c1-17-24(21-11-13-22(26)14-12-21)25-27-16-15-23(29(25)28-17)20-9-7-19(8-10-20)18-5-3-2-4-6-18/h2-16H,1H3. The fourth-order valence-corrected chi connectivity index (χ4v) is 3.81. The van der Waals surface area contributed by atoms with Crippen LogP contribution in [0.15, 0.2) is 91.1 Å². The molecule has 0 saturated heterocycles. The summed E-state index contributed by atoms with van der Waals surface area (Å²) in [5, 5.41) is 5.51. The zero-order chi connectivity index (χ0) is 19.8. The molecule has 0 fully saturated rings. The summed E-state index contributed by atoms with van der Waals surface area (Å²) in [6, 6.07) is 28.8. The van der Waals surface area contributed by atoms with E-state index in [1.54, 1.807) is 0 Å². The summed E-state index contributed by atoms with van der Waals surface area (Å²) >= 11 is 6.06. The highest BCUT2D eigenvalue weighted by Gasteiger charge is 2.15. The third-order valence-corrected chi connectivity index (χ3v) is 5.37. The van der Waals surface area contributed by atoms with Gasteiger partial charge < -0.3 is 0 Å². The zero-order valence-electron chi connectivity index (χ0n) is 15.9. The Labute approximate surface area is 174 Å². The van der Waals surface area contributed by atoms with Gasteiger partial charge in [-0.3, -0.25) is 0 Å². The van der Waals surface area contributed by atoms with Crippen LogP contribution in [0.1, 0.15) is 5.69 Å². The molecular formula is C25H18ClN3. The molecule has 2 heterocycles. The van der Waals surface area contributed by atoms with Crippen molar-refractivity contribution < 1.29 is 0 Å². The lowest BCUT2D eigenvalue weighted by Crippen LogP contribution is -1.96. The van der Waals surface area contributed by atoms with E-state index in [0.717, 1.165) is 38.7 Å². The molecule has 2 aromatic heterocycles. The summed E-state index contributed by atoms with van der Waals surface area (Å²) in [7, 11) is 0. The molecule has 29 heavy (non-hydrogen) atoms. The van der Waals surface area contributed by atoms with E-state index in [4.69, 9.17) is 16.7 Å². The molecule has 3 nitrogen and oxygen atoms in total. The van der Waals surface area contributed by atoms with Crippen molar-refractivity contribution in [3.8, 4) is 33.5 Å². The maximum atomic E-state index is 6.06. The second-order valence-electron chi connectivity index (χ2n) is 6.98. The summed E-state index contributed by atoms with van der Waals surface area (Å²) in [5.41, 5.74) is 8.38. The van der Waals surface area contributed by atoms with Gasteiger partial charge in [0.2, 0.25) is 0 Å². The van der Waals surface area contributed by atoms with Gasteiger partial charge in [0.05, 0.1) is 11.4 Å². The van der Waals surface area contributed by atoms with E-state index < -0.39 is 0 Å². The third-order valence-electron chi connectivity index (χ3n) is 5.11. The molecule has 3 aromatic carbocycles. The number of hydrogen-bond acceptors (Lipinski definition) is 2. The molecule has 4 heteroatoms. The molecule has 0 amide bonds. The summed E-state index contributed by atoms with van der Waals surface area (Å²) in [6.45, 7) is 2.01. The number of aryl methyl sites for hydroxylation is 1. The first-order valence-corrected chi connectivity index (χ1v) is 9.84. The van der Waals surface area contributed by atoms with Crippen molar-refractivity contribution in [1.82, 2.24) is 14.6 Å². The van der Waals surface area contributed by atoms with Crippen LogP contribution in [0.4, 0.5) is 0 Å². The van der Waals surface area contributed by atoms with Crippen LogP contribution in [-0.2, 0) is 0 Å². The van der Waals surface area contributed by atoms with E-state index in [9.17, 15) is 0 Å². The van der Waals surface area contributed by atoms with Gasteiger partial charge in [-0.1, -0.05) is 78.3 Å². The number of hydrogen-bond donors (Lipinski definition) is 0. The molecule has 0 saturated carbocycles. The number of halogens is 1. The van der Waals surface area contributed by atoms with Gasteiger partial charge >= 0.3 is 0 Å². The number of nitrogens with zero attached hydrogens (tertiary/aromatic N) is 3. The Kier molecular flexibility index (Phi) is 4.38. The molecule has 0 radical (unpaired) electrons. The average molecular weight is 396 g/mol. The largest absolute Gasteiger partial charge is 0.236 e. The Balaban J connectivity index is 1.61. The van der Waals surface area contributed by atoms with Crippen molar-refractivity contribution in [2.75, 3.05) is 0 Å². The number of fused-ring (bicyclic) bond motifs is 1. The summed E-state index contributed by atoms with van der Waals surface area (Å²) < 4.78 is 1.93. The highest BCUT2D eigenvalue weighted by Crippen LogP contribution is 2.31. The monoisotopic (exact) mass is 395 g/mol. The van der Waals surface area contributed by atoms with E-state index in [1.807, 2.05) is 54.0 Å². The van der Waals surface area contributed by atoms with Crippen LogP contribution in [0.2, 0.25) is 5.02 Å². The van der Waals surface area contributed by atoms with Crippen molar-refractivity contribution in [2.45, 2.75) is 6.92 Å². The SMILES string of the molecule is Cc1nn2c(-c3ccc(-c4ccccc4)cc3)ccnc2c1-c1ccc(Cl)cc1. The number of aromatic nitrogens is 3.